The van der Waals surface area contributed by atoms with Gasteiger partial charge in [0.2, 0.25) is 5.91 Å². The lowest BCUT2D eigenvalue weighted by Gasteiger charge is -1.97. The van der Waals surface area contributed by atoms with E-state index in [1.807, 2.05) is 12.1 Å². The summed E-state index contributed by atoms with van der Waals surface area (Å²) in [6, 6.07) is 4.09. The predicted molar refractivity (Wildman–Crippen MR) is 86.4 cm³/mol. The van der Waals surface area contributed by atoms with E-state index in [0.29, 0.717) is 13.1 Å². The molecule has 0 radical (unpaired) electrons. The van der Waals surface area contributed by atoms with Crippen LogP contribution < -0.4 is 10.6 Å². The SMILES string of the molecule is C=CCNc1nc(-c2ccc(CNC(C)=O)s2)c(C)s1. The quantitative estimate of drug-likeness (QED) is 0.804. The van der Waals surface area contributed by atoms with E-state index in [9.17, 15) is 4.79 Å². The number of amides is 1. The van der Waals surface area contributed by atoms with Crippen LogP contribution in [0.1, 0.15) is 16.7 Å². The Morgan fingerprint density at radius 1 is 1.45 bits per heavy atom. The molecule has 106 valence electrons. The van der Waals surface area contributed by atoms with E-state index in [0.717, 1.165) is 20.6 Å². The van der Waals surface area contributed by atoms with Crippen molar-refractivity contribution in [1.29, 1.82) is 0 Å². The molecule has 2 heterocycles. The Kier molecular flexibility index (Phi) is 4.92. The second kappa shape index (κ2) is 6.67. The molecule has 2 aromatic rings. The van der Waals surface area contributed by atoms with Gasteiger partial charge in [0, 0.05) is 23.2 Å². The van der Waals surface area contributed by atoms with Crippen molar-refractivity contribution in [2.24, 2.45) is 0 Å². The minimum Gasteiger partial charge on any atom is -0.358 e. The zero-order valence-electron chi connectivity index (χ0n) is 11.5. The molecule has 4 nitrogen and oxygen atoms in total. The van der Waals surface area contributed by atoms with Gasteiger partial charge in [0.1, 0.15) is 0 Å². The van der Waals surface area contributed by atoms with E-state index in [1.54, 1.807) is 22.7 Å². The van der Waals surface area contributed by atoms with Crippen molar-refractivity contribution in [3.05, 3.63) is 34.5 Å². The van der Waals surface area contributed by atoms with Gasteiger partial charge in [-0.25, -0.2) is 4.98 Å². The molecule has 0 aliphatic heterocycles. The van der Waals surface area contributed by atoms with E-state index in [-0.39, 0.29) is 5.91 Å². The highest BCUT2D eigenvalue weighted by molar-refractivity contribution is 7.18. The van der Waals surface area contributed by atoms with E-state index in [4.69, 9.17) is 0 Å². The summed E-state index contributed by atoms with van der Waals surface area (Å²) in [4.78, 5) is 19.0. The molecule has 0 bridgehead atoms. The Labute approximate surface area is 126 Å². The molecule has 0 saturated heterocycles. The van der Waals surface area contributed by atoms with Crippen LogP contribution in [0, 0.1) is 6.92 Å². The van der Waals surface area contributed by atoms with Crippen LogP contribution in [0.4, 0.5) is 5.13 Å². The Balaban J connectivity index is 2.12. The molecule has 20 heavy (non-hydrogen) atoms. The highest BCUT2D eigenvalue weighted by atomic mass is 32.1. The largest absolute Gasteiger partial charge is 0.358 e. The maximum absolute atomic E-state index is 10.9. The summed E-state index contributed by atoms with van der Waals surface area (Å²) in [5.41, 5.74) is 1.01. The van der Waals surface area contributed by atoms with Gasteiger partial charge in [-0.2, -0.15) is 0 Å². The molecule has 0 aliphatic carbocycles. The number of aryl methyl sites for hydroxylation is 1. The fourth-order valence-electron chi connectivity index (χ4n) is 1.67. The van der Waals surface area contributed by atoms with Gasteiger partial charge in [-0.05, 0) is 19.1 Å². The van der Waals surface area contributed by atoms with Gasteiger partial charge >= 0.3 is 0 Å². The van der Waals surface area contributed by atoms with Crippen molar-refractivity contribution in [3.8, 4) is 10.6 Å². The highest BCUT2D eigenvalue weighted by Crippen LogP contribution is 2.34. The summed E-state index contributed by atoms with van der Waals surface area (Å²) < 4.78 is 0. The van der Waals surface area contributed by atoms with E-state index >= 15 is 0 Å². The van der Waals surface area contributed by atoms with Gasteiger partial charge in [0.15, 0.2) is 5.13 Å². The first-order valence-corrected chi connectivity index (χ1v) is 7.89. The van der Waals surface area contributed by atoms with E-state index in [1.165, 1.54) is 11.8 Å². The van der Waals surface area contributed by atoms with Gasteiger partial charge < -0.3 is 10.6 Å². The second-order valence-electron chi connectivity index (χ2n) is 4.27. The summed E-state index contributed by atoms with van der Waals surface area (Å²) in [7, 11) is 0. The number of aromatic nitrogens is 1. The van der Waals surface area contributed by atoms with E-state index < -0.39 is 0 Å². The number of carbonyl (C=O) groups excluding carboxylic acids is 1. The minimum atomic E-state index is -0.0132. The molecule has 0 saturated carbocycles. The monoisotopic (exact) mass is 307 g/mol. The molecule has 0 fully saturated rings. The van der Waals surface area contributed by atoms with Crippen LogP contribution in [0.15, 0.2) is 24.8 Å². The molecule has 0 atom stereocenters. The van der Waals surface area contributed by atoms with E-state index in [2.05, 4.69) is 35.2 Å². The molecular weight excluding hydrogens is 290 g/mol. The van der Waals surface area contributed by atoms with Crippen LogP contribution in [-0.2, 0) is 11.3 Å². The van der Waals surface area contributed by atoms with Crippen molar-refractivity contribution < 1.29 is 4.79 Å². The minimum absolute atomic E-state index is 0.0132. The van der Waals surface area contributed by atoms with Gasteiger partial charge in [-0.3, -0.25) is 4.79 Å². The Morgan fingerprint density at radius 2 is 2.25 bits per heavy atom. The molecule has 1 amide bonds. The molecule has 2 N–H and O–H groups in total. The number of hydrogen-bond acceptors (Lipinski definition) is 5. The molecule has 2 rings (SSSR count). The second-order valence-corrected chi connectivity index (χ2v) is 6.64. The van der Waals surface area contributed by atoms with Crippen molar-refractivity contribution in [2.45, 2.75) is 20.4 Å². The maximum Gasteiger partial charge on any atom is 0.217 e. The van der Waals surface area contributed by atoms with Gasteiger partial charge in [-0.1, -0.05) is 6.08 Å². The summed E-state index contributed by atoms with van der Waals surface area (Å²) >= 11 is 3.30. The fourth-order valence-corrected chi connectivity index (χ4v) is 3.57. The zero-order valence-corrected chi connectivity index (χ0v) is 13.2. The Bertz CT molecular complexity index is 616. The molecule has 0 aliphatic rings. The predicted octanol–water partition coefficient (Wildman–Crippen LogP) is 3.41. The fraction of sp³-hybridized carbons (Fsp3) is 0.286. The first-order valence-electron chi connectivity index (χ1n) is 6.26. The lowest BCUT2D eigenvalue weighted by atomic mass is 10.3. The standard InChI is InChI=1S/C14H17N3OS2/c1-4-7-15-14-17-13(9(2)19-14)12-6-5-11(20-12)8-16-10(3)18/h4-6H,1,7-8H2,2-3H3,(H,15,17)(H,16,18). The topological polar surface area (TPSA) is 54.0 Å². The van der Waals surface area contributed by atoms with Crippen LogP contribution >= 0.6 is 22.7 Å². The van der Waals surface area contributed by atoms with Gasteiger partial charge in [-0.15, -0.1) is 29.3 Å². The molecule has 0 unspecified atom stereocenters. The number of nitrogens with zero attached hydrogens (tertiary/aromatic N) is 1. The maximum atomic E-state index is 10.9. The molecule has 0 aromatic carbocycles. The van der Waals surface area contributed by atoms with Crippen molar-refractivity contribution in [1.82, 2.24) is 10.3 Å². The third kappa shape index (κ3) is 3.68. The smallest absolute Gasteiger partial charge is 0.217 e. The summed E-state index contributed by atoms with van der Waals surface area (Å²) in [6.45, 7) is 8.56. The third-order valence-electron chi connectivity index (χ3n) is 2.60. The first kappa shape index (κ1) is 14.7. The van der Waals surface area contributed by atoms with Crippen molar-refractivity contribution >= 4 is 33.7 Å². The summed E-state index contributed by atoms with van der Waals surface area (Å²) in [5.74, 6) is -0.0132. The van der Waals surface area contributed by atoms with Crippen LogP contribution in [0.25, 0.3) is 10.6 Å². The Hall–Kier alpha value is -1.66. The summed E-state index contributed by atoms with van der Waals surface area (Å²) in [6.07, 6.45) is 1.81. The van der Waals surface area contributed by atoms with Crippen LogP contribution in [0.2, 0.25) is 0 Å². The number of anilines is 1. The molecular formula is C14H17N3OS2. The lowest BCUT2D eigenvalue weighted by molar-refractivity contribution is -0.119. The number of thiophene rings is 1. The first-order chi connectivity index (χ1) is 9.60. The molecule has 6 heteroatoms. The average molecular weight is 307 g/mol. The lowest BCUT2D eigenvalue weighted by Crippen LogP contribution is -2.17. The highest BCUT2D eigenvalue weighted by Gasteiger charge is 2.11. The van der Waals surface area contributed by atoms with Crippen LogP contribution in [0.5, 0.6) is 0 Å². The van der Waals surface area contributed by atoms with Gasteiger partial charge in [0.05, 0.1) is 17.1 Å². The van der Waals surface area contributed by atoms with Gasteiger partial charge in [0.25, 0.3) is 0 Å². The number of nitrogens with one attached hydrogen (secondary N) is 2. The van der Waals surface area contributed by atoms with Crippen LogP contribution in [0.3, 0.4) is 0 Å². The number of rotatable bonds is 6. The molecule has 2 aromatic heterocycles. The average Bonchev–Trinajstić information content (AvgIpc) is 3.00. The summed E-state index contributed by atoms with van der Waals surface area (Å²) in [5, 5.41) is 6.93. The Morgan fingerprint density at radius 3 is 2.95 bits per heavy atom. The number of thiazole rings is 1. The zero-order chi connectivity index (χ0) is 14.5. The third-order valence-corrected chi connectivity index (χ3v) is 4.62. The number of carbonyl (C=O) groups is 1. The van der Waals surface area contributed by atoms with Crippen molar-refractivity contribution in [3.63, 3.8) is 0 Å². The molecule has 0 spiro atoms. The number of hydrogen-bond donors (Lipinski definition) is 2. The van der Waals surface area contributed by atoms with Crippen molar-refractivity contribution in [2.75, 3.05) is 11.9 Å². The van der Waals surface area contributed by atoms with Crippen LogP contribution in [-0.4, -0.2) is 17.4 Å². The normalized spacial score (nSPS) is 10.3.